The number of nitrogens with two attached hydrogens (primary N) is 1. The Balaban J connectivity index is 2.67. The summed E-state index contributed by atoms with van der Waals surface area (Å²) in [5.41, 5.74) is 7.31. The standard InChI is InChI=1S/C14H22N2O2S/c1-9(2)11(4)16-14(17)8-19(18)13-6-5-10(3)7-12(13)15/h5-7,9,11H,8,15H2,1-4H3,(H,16,17). The lowest BCUT2D eigenvalue weighted by Crippen LogP contribution is -2.38. The monoisotopic (exact) mass is 282 g/mol. The molecule has 0 heterocycles. The van der Waals surface area contributed by atoms with Gasteiger partial charge < -0.3 is 11.1 Å². The van der Waals surface area contributed by atoms with Crippen LogP contribution in [0.4, 0.5) is 5.69 Å². The van der Waals surface area contributed by atoms with E-state index in [0.29, 0.717) is 16.5 Å². The average Bonchev–Trinajstić information content (AvgIpc) is 2.27. The lowest BCUT2D eigenvalue weighted by atomic mass is 10.1. The van der Waals surface area contributed by atoms with Gasteiger partial charge in [0.15, 0.2) is 0 Å². The molecule has 19 heavy (non-hydrogen) atoms. The predicted octanol–water partition coefficient (Wildman–Crippen LogP) is 1.85. The van der Waals surface area contributed by atoms with Gasteiger partial charge in [-0.3, -0.25) is 9.00 Å². The van der Waals surface area contributed by atoms with E-state index in [1.807, 2.05) is 33.8 Å². The fourth-order valence-electron chi connectivity index (χ4n) is 1.53. The van der Waals surface area contributed by atoms with E-state index >= 15 is 0 Å². The first kappa shape index (κ1) is 15.7. The van der Waals surface area contributed by atoms with E-state index in [2.05, 4.69) is 5.32 Å². The quantitative estimate of drug-likeness (QED) is 0.810. The number of nitrogen functional groups attached to an aromatic ring is 1. The first-order chi connectivity index (χ1) is 8.81. The molecule has 0 aliphatic rings. The van der Waals surface area contributed by atoms with Crippen LogP contribution in [0, 0.1) is 12.8 Å². The van der Waals surface area contributed by atoms with Gasteiger partial charge in [-0.15, -0.1) is 0 Å². The minimum Gasteiger partial charge on any atom is -0.398 e. The van der Waals surface area contributed by atoms with Gasteiger partial charge in [-0.1, -0.05) is 19.9 Å². The summed E-state index contributed by atoms with van der Waals surface area (Å²) in [6.45, 7) is 7.91. The molecule has 0 aliphatic carbocycles. The third-order valence-electron chi connectivity index (χ3n) is 3.06. The number of carbonyl (C=O) groups excluding carboxylic acids is 1. The van der Waals surface area contributed by atoms with Crippen molar-refractivity contribution in [2.45, 2.75) is 38.6 Å². The van der Waals surface area contributed by atoms with Crippen molar-refractivity contribution in [3.63, 3.8) is 0 Å². The fraction of sp³-hybridized carbons (Fsp3) is 0.500. The Morgan fingerprint density at radius 3 is 2.53 bits per heavy atom. The van der Waals surface area contributed by atoms with Gasteiger partial charge in [-0.25, -0.2) is 0 Å². The second-order valence-electron chi connectivity index (χ2n) is 5.13. The van der Waals surface area contributed by atoms with Crippen molar-refractivity contribution in [1.29, 1.82) is 0 Å². The summed E-state index contributed by atoms with van der Waals surface area (Å²) < 4.78 is 12.1. The molecule has 2 unspecified atom stereocenters. The second-order valence-corrected chi connectivity index (χ2v) is 6.55. The molecule has 2 atom stereocenters. The molecule has 4 nitrogen and oxygen atoms in total. The van der Waals surface area contributed by atoms with Crippen LogP contribution in [0.25, 0.3) is 0 Å². The zero-order chi connectivity index (χ0) is 14.6. The molecule has 0 radical (unpaired) electrons. The van der Waals surface area contributed by atoms with Crippen molar-refractivity contribution >= 4 is 22.4 Å². The Labute approximate surface area is 117 Å². The smallest absolute Gasteiger partial charge is 0.233 e. The molecule has 106 valence electrons. The number of aryl methyl sites for hydroxylation is 1. The van der Waals surface area contributed by atoms with Gasteiger partial charge in [0.1, 0.15) is 5.75 Å². The third-order valence-corrected chi connectivity index (χ3v) is 4.45. The average molecular weight is 282 g/mol. The molecule has 0 saturated carbocycles. The Hall–Kier alpha value is -1.36. The van der Waals surface area contributed by atoms with Crippen molar-refractivity contribution in [3.05, 3.63) is 23.8 Å². The van der Waals surface area contributed by atoms with Crippen molar-refractivity contribution in [2.75, 3.05) is 11.5 Å². The van der Waals surface area contributed by atoms with Gasteiger partial charge in [-0.2, -0.15) is 0 Å². The summed E-state index contributed by atoms with van der Waals surface area (Å²) in [5, 5.41) is 2.84. The summed E-state index contributed by atoms with van der Waals surface area (Å²) >= 11 is 0. The van der Waals surface area contributed by atoms with E-state index in [1.54, 1.807) is 12.1 Å². The maximum atomic E-state index is 12.1. The molecule has 0 fully saturated rings. The Kier molecular flexibility index (Phi) is 5.54. The van der Waals surface area contributed by atoms with Crippen LogP contribution >= 0.6 is 0 Å². The topological polar surface area (TPSA) is 72.2 Å². The summed E-state index contributed by atoms with van der Waals surface area (Å²) in [6, 6.07) is 5.40. The Bertz CT molecular complexity index is 486. The lowest BCUT2D eigenvalue weighted by molar-refractivity contribution is -0.119. The van der Waals surface area contributed by atoms with Crippen molar-refractivity contribution in [2.24, 2.45) is 5.92 Å². The van der Waals surface area contributed by atoms with Gasteiger partial charge in [0, 0.05) is 11.7 Å². The largest absolute Gasteiger partial charge is 0.398 e. The summed E-state index contributed by atoms with van der Waals surface area (Å²) in [4.78, 5) is 12.3. The molecule has 0 bridgehead atoms. The van der Waals surface area contributed by atoms with Crippen LogP contribution in [-0.4, -0.2) is 21.9 Å². The minimum atomic E-state index is -1.40. The van der Waals surface area contributed by atoms with Gasteiger partial charge in [0.2, 0.25) is 5.91 Å². The molecule has 1 amide bonds. The second kappa shape index (κ2) is 6.70. The van der Waals surface area contributed by atoms with Crippen molar-refractivity contribution in [1.82, 2.24) is 5.32 Å². The van der Waals surface area contributed by atoms with Gasteiger partial charge in [0.25, 0.3) is 0 Å². The van der Waals surface area contributed by atoms with Crippen LogP contribution < -0.4 is 11.1 Å². The molecule has 1 aromatic carbocycles. The Morgan fingerprint density at radius 1 is 1.37 bits per heavy atom. The molecular formula is C14H22N2O2S. The number of amides is 1. The number of nitrogens with one attached hydrogen (secondary N) is 1. The van der Waals surface area contributed by atoms with Gasteiger partial charge >= 0.3 is 0 Å². The third kappa shape index (κ3) is 4.67. The summed E-state index contributed by atoms with van der Waals surface area (Å²) in [5.74, 6) is 0.0889. The van der Waals surface area contributed by atoms with Crippen LogP contribution in [0.15, 0.2) is 23.1 Å². The zero-order valence-electron chi connectivity index (χ0n) is 11.9. The molecule has 0 saturated heterocycles. The van der Waals surface area contributed by atoms with E-state index in [0.717, 1.165) is 5.56 Å². The predicted molar refractivity (Wildman–Crippen MR) is 79.3 cm³/mol. The molecule has 0 aliphatic heterocycles. The maximum Gasteiger partial charge on any atom is 0.233 e. The first-order valence-corrected chi connectivity index (χ1v) is 7.67. The van der Waals surface area contributed by atoms with Crippen LogP contribution in [0.1, 0.15) is 26.3 Å². The van der Waals surface area contributed by atoms with Crippen LogP contribution in [0.5, 0.6) is 0 Å². The highest BCUT2D eigenvalue weighted by Gasteiger charge is 2.16. The van der Waals surface area contributed by atoms with E-state index in [9.17, 15) is 9.00 Å². The molecule has 1 rings (SSSR count). The van der Waals surface area contributed by atoms with Crippen LogP contribution in [0.3, 0.4) is 0 Å². The number of hydrogen-bond donors (Lipinski definition) is 2. The van der Waals surface area contributed by atoms with Crippen molar-refractivity contribution in [3.8, 4) is 0 Å². The minimum absolute atomic E-state index is 0.0513. The molecule has 5 heteroatoms. The number of rotatable bonds is 5. The Morgan fingerprint density at radius 2 is 2.00 bits per heavy atom. The number of anilines is 1. The van der Waals surface area contributed by atoms with Gasteiger partial charge in [0.05, 0.1) is 15.7 Å². The summed E-state index contributed by atoms with van der Waals surface area (Å²) in [6.07, 6.45) is 0. The molecule has 0 spiro atoms. The fourth-order valence-corrected chi connectivity index (χ4v) is 2.55. The SMILES string of the molecule is Cc1ccc(S(=O)CC(=O)NC(C)C(C)C)c(N)c1. The lowest BCUT2D eigenvalue weighted by Gasteiger charge is -2.17. The van der Waals surface area contributed by atoms with E-state index in [1.165, 1.54) is 0 Å². The maximum absolute atomic E-state index is 12.1. The van der Waals surface area contributed by atoms with Crippen LogP contribution in [0.2, 0.25) is 0 Å². The number of benzene rings is 1. The van der Waals surface area contributed by atoms with Crippen molar-refractivity contribution < 1.29 is 9.00 Å². The number of hydrogen-bond acceptors (Lipinski definition) is 3. The molecule has 0 aromatic heterocycles. The van der Waals surface area contributed by atoms with Gasteiger partial charge in [-0.05, 0) is 37.5 Å². The molecule has 1 aromatic rings. The van der Waals surface area contributed by atoms with E-state index in [-0.39, 0.29) is 17.7 Å². The normalized spacial score (nSPS) is 14.2. The first-order valence-electron chi connectivity index (χ1n) is 6.35. The molecular weight excluding hydrogens is 260 g/mol. The van der Waals surface area contributed by atoms with Crippen LogP contribution in [-0.2, 0) is 15.6 Å². The highest BCUT2D eigenvalue weighted by Crippen LogP contribution is 2.18. The summed E-state index contributed by atoms with van der Waals surface area (Å²) in [7, 11) is -1.40. The zero-order valence-corrected chi connectivity index (χ0v) is 12.7. The van der Waals surface area contributed by atoms with E-state index < -0.39 is 10.8 Å². The number of carbonyl (C=O) groups is 1. The molecule has 3 N–H and O–H groups in total. The highest BCUT2D eigenvalue weighted by molar-refractivity contribution is 7.86. The highest BCUT2D eigenvalue weighted by atomic mass is 32.2. The van der Waals surface area contributed by atoms with E-state index in [4.69, 9.17) is 5.73 Å².